The highest BCUT2D eigenvalue weighted by Gasteiger charge is 2.04. The number of thioether (sulfide) groups is 11. The summed E-state index contributed by atoms with van der Waals surface area (Å²) < 4.78 is 10.3. The van der Waals surface area contributed by atoms with Crippen molar-refractivity contribution in [2.75, 3.05) is 102 Å². The quantitative estimate of drug-likeness (QED) is 0.0279. The first-order valence-electron chi connectivity index (χ1n) is 11.6. The molecule has 0 aromatic carbocycles. The van der Waals surface area contributed by atoms with E-state index >= 15 is 0 Å². The Morgan fingerprint density at radius 3 is 1.27 bits per heavy atom. The highest BCUT2D eigenvalue weighted by atomic mass is 32.2. The molecule has 0 spiro atoms. The molecule has 0 aliphatic heterocycles. The van der Waals surface area contributed by atoms with Crippen LogP contribution in [0.15, 0.2) is 0 Å². The molecule has 0 aliphatic rings. The molecular weight excluding hydrogens is 753 g/mol. The molecule has 0 heterocycles. The van der Waals surface area contributed by atoms with E-state index in [1.807, 2.05) is 0 Å². The zero-order valence-electron chi connectivity index (χ0n) is 22.4. The molecule has 0 unspecified atom stereocenters. The van der Waals surface area contributed by atoms with Crippen LogP contribution in [0.3, 0.4) is 0 Å². The first kappa shape index (κ1) is 43.5. The molecule has 0 atom stereocenters. The third-order valence-corrected chi connectivity index (χ3v) is 14.5. The largest absolute Gasteiger partial charge is 0.454 e. The molecule has 41 heavy (non-hydrogen) atoms. The molecule has 2 N–H and O–H groups in total. The van der Waals surface area contributed by atoms with Crippen molar-refractivity contribution in [3.05, 3.63) is 0 Å². The van der Waals surface area contributed by atoms with Crippen LogP contribution in [-0.2, 0) is 38.6 Å². The van der Waals surface area contributed by atoms with Crippen LogP contribution >= 0.6 is 129 Å². The third-order valence-electron chi connectivity index (χ3n) is 3.28. The maximum Gasteiger partial charge on any atom is 0.316 e. The summed E-state index contributed by atoms with van der Waals surface area (Å²) in [5.74, 6) is 3.54. The number of aliphatic hydroxyl groups excluding tert-OH is 2. The van der Waals surface area contributed by atoms with Crippen molar-refractivity contribution < 1.29 is 48.8 Å². The van der Waals surface area contributed by atoms with E-state index in [1.165, 1.54) is 70.6 Å². The van der Waals surface area contributed by atoms with Crippen LogP contribution in [0.4, 0.5) is 0 Å². The van der Waals surface area contributed by atoms with Gasteiger partial charge in [0.1, 0.15) is 23.8 Å². The SMILES string of the molecule is O=C(CSCSCCOOCSCSCSCOC(=O)CSCSCCOOCSCSCO)OCSCSCO. The Balaban J connectivity index is 3.19. The van der Waals surface area contributed by atoms with E-state index in [1.54, 1.807) is 58.8 Å². The van der Waals surface area contributed by atoms with Crippen molar-refractivity contribution >= 4 is 141 Å². The summed E-state index contributed by atoms with van der Waals surface area (Å²) in [6.07, 6.45) is 0. The molecule has 0 rings (SSSR count). The lowest BCUT2D eigenvalue weighted by molar-refractivity contribution is -0.274. The minimum absolute atomic E-state index is 0.0757. The summed E-state index contributed by atoms with van der Waals surface area (Å²) in [5.41, 5.74) is 0. The molecule has 10 nitrogen and oxygen atoms in total. The molecule has 0 radical (unpaired) electrons. The second-order valence-corrected chi connectivity index (χ2v) is 19.3. The lowest BCUT2D eigenvalue weighted by Gasteiger charge is -2.06. The van der Waals surface area contributed by atoms with Crippen molar-refractivity contribution in [1.29, 1.82) is 0 Å². The van der Waals surface area contributed by atoms with Crippen molar-refractivity contribution in [2.24, 2.45) is 0 Å². The van der Waals surface area contributed by atoms with E-state index < -0.39 is 0 Å². The Labute approximate surface area is 289 Å². The topological polar surface area (TPSA) is 130 Å². The predicted molar refractivity (Wildman–Crippen MR) is 192 cm³/mol. The normalized spacial score (nSPS) is 11.2. The van der Waals surface area contributed by atoms with E-state index in [0.717, 1.165) is 36.9 Å². The minimum Gasteiger partial charge on any atom is -0.454 e. The van der Waals surface area contributed by atoms with Gasteiger partial charge in [0.2, 0.25) is 0 Å². The predicted octanol–water partition coefficient (Wildman–Crippen LogP) is 5.51. The number of carbonyl (C=O) groups excluding carboxylic acids is 2. The van der Waals surface area contributed by atoms with Gasteiger partial charge in [-0.3, -0.25) is 9.59 Å². The fourth-order valence-electron chi connectivity index (χ4n) is 1.70. The van der Waals surface area contributed by atoms with Crippen molar-refractivity contribution in [3.63, 3.8) is 0 Å². The summed E-state index contributed by atoms with van der Waals surface area (Å²) >= 11 is 17.1. The molecule has 0 aliphatic carbocycles. The fraction of sp³-hybridized carbons (Fsp3) is 0.900. The van der Waals surface area contributed by atoms with Crippen LogP contribution in [0.5, 0.6) is 0 Å². The van der Waals surface area contributed by atoms with Gasteiger partial charge >= 0.3 is 11.9 Å². The maximum atomic E-state index is 11.7. The van der Waals surface area contributed by atoms with E-state index in [0.29, 0.717) is 53.6 Å². The molecule has 0 saturated heterocycles. The second-order valence-electron chi connectivity index (χ2n) is 6.29. The lowest BCUT2D eigenvalue weighted by atomic mass is 10.8. The summed E-state index contributed by atoms with van der Waals surface area (Å²) in [5, 5.41) is 22.0. The first-order valence-corrected chi connectivity index (χ1v) is 24.3. The van der Waals surface area contributed by atoms with Gasteiger partial charge in [-0.05, 0) is 0 Å². The highest BCUT2D eigenvalue weighted by Crippen LogP contribution is 2.19. The van der Waals surface area contributed by atoms with Gasteiger partial charge in [-0.15, -0.1) is 129 Å². The molecule has 0 aromatic rings. The second kappa shape index (κ2) is 38.7. The van der Waals surface area contributed by atoms with Gasteiger partial charge in [0.05, 0.1) is 36.6 Å². The maximum absolute atomic E-state index is 11.7. The van der Waals surface area contributed by atoms with Crippen molar-refractivity contribution in [2.45, 2.75) is 0 Å². The van der Waals surface area contributed by atoms with Crippen LogP contribution in [0.25, 0.3) is 0 Å². The van der Waals surface area contributed by atoms with Crippen LogP contribution in [0.2, 0.25) is 0 Å². The average Bonchev–Trinajstić information content (AvgIpc) is 2.97. The smallest absolute Gasteiger partial charge is 0.316 e. The number of carbonyl (C=O) groups is 2. The zero-order valence-corrected chi connectivity index (χ0v) is 31.4. The Bertz CT molecular complexity index is 576. The molecular formula is C20H38O10S11. The summed E-state index contributed by atoms with van der Waals surface area (Å²) in [7, 11) is 0. The Morgan fingerprint density at radius 1 is 0.439 bits per heavy atom. The highest BCUT2D eigenvalue weighted by molar-refractivity contribution is 8.22. The lowest BCUT2D eigenvalue weighted by Crippen LogP contribution is -2.07. The van der Waals surface area contributed by atoms with Gasteiger partial charge in [0, 0.05) is 42.0 Å². The number of rotatable bonds is 34. The minimum atomic E-state index is -0.224. The Kier molecular flexibility index (Phi) is 41.1. The molecule has 0 amide bonds. The zero-order chi connectivity index (χ0) is 29.9. The van der Waals surface area contributed by atoms with Crippen LogP contribution in [0.1, 0.15) is 0 Å². The van der Waals surface area contributed by atoms with Gasteiger partial charge in [0.25, 0.3) is 0 Å². The van der Waals surface area contributed by atoms with Gasteiger partial charge in [-0.2, -0.15) is 0 Å². The number of ether oxygens (including phenoxy) is 2. The number of hydrogen-bond donors (Lipinski definition) is 2. The van der Waals surface area contributed by atoms with E-state index in [4.69, 9.17) is 39.2 Å². The number of esters is 2. The summed E-state index contributed by atoms with van der Waals surface area (Å²) in [6.45, 7) is 0.972. The summed E-state index contributed by atoms with van der Waals surface area (Å²) in [4.78, 5) is 43.6. The van der Waals surface area contributed by atoms with E-state index in [-0.39, 0.29) is 23.8 Å². The Hall–Kier alpha value is 2.55. The fourth-order valence-corrected chi connectivity index (χ4v) is 10.3. The van der Waals surface area contributed by atoms with E-state index in [9.17, 15) is 9.59 Å². The third kappa shape index (κ3) is 38.6. The van der Waals surface area contributed by atoms with Gasteiger partial charge < -0.3 is 19.7 Å². The van der Waals surface area contributed by atoms with Crippen molar-refractivity contribution in [1.82, 2.24) is 0 Å². The molecule has 244 valence electrons. The molecule has 0 bridgehead atoms. The first-order chi connectivity index (χ1) is 20.2. The monoisotopic (exact) mass is 790 g/mol. The molecule has 21 heteroatoms. The molecule has 0 fully saturated rings. The summed E-state index contributed by atoms with van der Waals surface area (Å²) in [6, 6.07) is 0. The van der Waals surface area contributed by atoms with Gasteiger partial charge in [0.15, 0.2) is 0 Å². The molecule has 0 saturated carbocycles. The van der Waals surface area contributed by atoms with Crippen LogP contribution < -0.4 is 0 Å². The number of aliphatic hydroxyl groups is 2. The van der Waals surface area contributed by atoms with Crippen molar-refractivity contribution in [3.8, 4) is 0 Å². The van der Waals surface area contributed by atoms with Gasteiger partial charge in [-0.25, -0.2) is 19.6 Å². The van der Waals surface area contributed by atoms with Crippen LogP contribution in [-0.4, -0.2) is 125 Å². The average molecular weight is 791 g/mol. The Morgan fingerprint density at radius 2 is 0.829 bits per heavy atom. The standard InChI is InChI=1S/C20H38O10S11/c21-7-35-15-37-9-25-19(23)5-33-13-32-4-2-28-30-12-40-18-41-17-38-10-26-20(24)6-34-14-31-3-1-27-29-11-39-16-36-8-22/h21-22H,1-18H2. The van der Waals surface area contributed by atoms with Crippen LogP contribution in [0, 0.1) is 0 Å². The van der Waals surface area contributed by atoms with Gasteiger partial charge in [-0.1, -0.05) is 0 Å². The van der Waals surface area contributed by atoms with E-state index in [2.05, 4.69) is 0 Å². The molecule has 0 aromatic heterocycles. The number of hydrogen-bond acceptors (Lipinski definition) is 21.